The smallest absolute Gasteiger partial charge is 0.0831 e. The van der Waals surface area contributed by atoms with E-state index in [0.717, 1.165) is 24.1 Å². The van der Waals surface area contributed by atoms with E-state index in [-0.39, 0.29) is 0 Å². The molecule has 1 saturated heterocycles. The zero-order valence-corrected chi connectivity index (χ0v) is 9.50. The van der Waals surface area contributed by atoms with Gasteiger partial charge in [-0.3, -0.25) is 0 Å². The normalized spacial score (nSPS) is 19.6. The highest BCUT2D eigenvalue weighted by atomic mass is 79.9. The molecule has 3 heteroatoms. The number of halogens is 1. The quantitative estimate of drug-likeness (QED) is 0.597. The molecule has 14 heavy (non-hydrogen) atoms. The molecule has 0 saturated carbocycles. The maximum absolute atomic E-state index is 5.52. The van der Waals surface area contributed by atoms with Crippen LogP contribution in [0.2, 0.25) is 0 Å². The minimum Gasteiger partial charge on any atom is -0.377 e. The van der Waals surface area contributed by atoms with Gasteiger partial charge in [0.25, 0.3) is 0 Å². The molecule has 2 nitrogen and oxygen atoms in total. The van der Waals surface area contributed by atoms with Crippen LogP contribution in [0, 0.1) is 0 Å². The van der Waals surface area contributed by atoms with Crippen LogP contribution in [0.1, 0.15) is 12.0 Å². The Labute approximate surface area is 92.3 Å². The Morgan fingerprint density at radius 3 is 2.71 bits per heavy atom. The molecule has 0 radical (unpaired) electrons. The van der Waals surface area contributed by atoms with E-state index in [9.17, 15) is 0 Å². The van der Waals surface area contributed by atoms with Gasteiger partial charge in [-0.15, -0.1) is 0 Å². The Bertz CT molecular complexity index is 280. The van der Waals surface area contributed by atoms with Gasteiger partial charge >= 0.3 is 0 Å². The molecule has 1 fully saturated rings. The first-order chi connectivity index (χ1) is 6.84. The molecule has 1 heterocycles. The molecule has 0 aromatic heterocycles. The van der Waals surface area contributed by atoms with Crippen molar-refractivity contribution < 1.29 is 9.47 Å². The van der Waals surface area contributed by atoms with Gasteiger partial charge in [-0.1, -0.05) is 28.1 Å². The lowest BCUT2D eigenvalue weighted by Gasteiger charge is -2.02. The van der Waals surface area contributed by atoms with Crippen LogP contribution in [0.25, 0.3) is 0 Å². The second-order valence-electron chi connectivity index (χ2n) is 3.42. The summed E-state index contributed by atoms with van der Waals surface area (Å²) in [5, 5.41) is 0. The summed E-state index contributed by atoms with van der Waals surface area (Å²) >= 11 is 3.40. The second kappa shape index (κ2) is 4.91. The van der Waals surface area contributed by atoms with E-state index in [1.807, 2.05) is 12.1 Å². The molecule has 1 aliphatic rings. The van der Waals surface area contributed by atoms with Crippen molar-refractivity contribution in [1.29, 1.82) is 0 Å². The van der Waals surface area contributed by atoms with Crippen LogP contribution in [-0.2, 0) is 16.1 Å². The van der Waals surface area contributed by atoms with Crippen molar-refractivity contribution >= 4 is 15.9 Å². The molecule has 0 spiro atoms. The van der Waals surface area contributed by atoms with Gasteiger partial charge in [-0.25, -0.2) is 0 Å². The van der Waals surface area contributed by atoms with Crippen LogP contribution < -0.4 is 0 Å². The molecule has 1 aliphatic heterocycles. The maximum atomic E-state index is 5.52. The molecule has 1 aromatic carbocycles. The minimum atomic E-state index is 0.472. The summed E-state index contributed by atoms with van der Waals surface area (Å²) in [5.74, 6) is 0. The molecule has 0 N–H and O–H groups in total. The maximum Gasteiger partial charge on any atom is 0.0831 e. The molecular formula is C11H13BrO2. The lowest BCUT2D eigenvalue weighted by Crippen LogP contribution is -1.98. The van der Waals surface area contributed by atoms with Gasteiger partial charge in [0, 0.05) is 11.1 Å². The number of benzene rings is 1. The van der Waals surface area contributed by atoms with E-state index in [0.29, 0.717) is 12.7 Å². The highest BCUT2D eigenvalue weighted by molar-refractivity contribution is 9.10. The number of epoxide rings is 1. The van der Waals surface area contributed by atoms with Crippen molar-refractivity contribution in [3.63, 3.8) is 0 Å². The fourth-order valence-corrected chi connectivity index (χ4v) is 1.48. The van der Waals surface area contributed by atoms with Crippen molar-refractivity contribution in [3.8, 4) is 0 Å². The Hall–Kier alpha value is -0.380. The SMILES string of the molecule is Brc1ccc(COCC[C@H]2CO2)cc1. The third-order valence-electron chi connectivity index (χ3n) is 2.17. The molecule has 0 unspecified atom stereocenters. The average molecular weight is 257 g/mol. The summed E-state index contributed by atoms with van der Waals surface area (Å²) < 4.78 is 11.7. The topological polar surface area (TPSA) is 21.8 Å². The number of hydrogen-bond donors (Lipinski definition) is 0. The van der Waals surface area contributed by atoms with Gasteiger partial charge in [0.2, 0.25) is 0 Å². The number of rotatable bonds is 5. The third kappa shape index (κ3) is 3.40. The monoisotopic (exact) mass is 256 g/mol. The average Bonchev–Trinajstić information content (AvgIpc) is 2.99. The van der Waals surface area contributed by atoms with Gasteiger partial charge in [0.05, 0.1) is 19.3 Å². The molecule has 0 aliphatic carbocycles. The summed E-state index contributed by atoms with van der Waals surface area (Å²) in [6, 6.07) is 8.20. The van der Waals surface area contributed by atoms with Crippen molar-refractivity contribution in [2.24, 2.45) is 0 Å². The van der Waals surface area contributed by atoms with Gasteiger partial charge in [0.15, 0.2) is 0 Å². The standard InChI is InChI=1S/C11H13BrO2/c12-10-3-1-9(2-4-10)7-13-6-5-11-8-14-11/h1-4,11H,5-8H2/t11-/m0/s1. The first kappa shape index (κ1) is 10.1. The van der Waals surface area contributed by atoms with Crippen molar-refractivity contribution in [1.82, 2.24) is 0 Å². The van der Waals surface area contributed by atoms with Gasteiger partial charge < -0.3 is 9.47 Å². The molecule has 1 aromatic rings. The first-order valence-corrected chi connectivity index (χ1v) is 5.58. The Morgan fingerprint density at radius 1 is 1.36 bits per heavy atom. The Balaban J connectivity index is 1.66. The molecule has 76 valence electrons. The number of ether oxygens (including phenoxy) is 2. The van der Waals surface area contributed by atoms with E-state index < -0.39 is 0 Å². The highest BCUT2D eigenvalue weighted by Crippen LogP contribution is 2.14. The van der Waals surface area contributed by atoms with Crippen LogP contribution >= 0.6 is 15.9 Å². The summed E-state index contributed by atoms with van der Waals surface area (Å²) in [5.41, 5.74) is 1.21. The van der Waals surface area contributed by atoms with E-state index in [4.69, 9.17) is 9.47 Å². The van der Waals surface area contributed by atoms with Gasteiger partial charge in [0.1, 0.15) is 0 Å². The lowest BCUT2D eigenvalue weighted by molar-refractivity contribution is 0.113. The predicted molar refractivity (Wildman–Crippen MR) is 58.2 cm³/mol. The van der Waals surface area contributed by atoms with Crippen molar-refractivity contribution in [3.05, 3.63) is 34.3 Å². The Morgan fingerprint density at radius 2 is 2.07 bits per heavy atom. The fraction of sp³-hybridized carbons (Fsp3) is 0.455. The molecule has 0 amide bonds. The van der Waals surface area contributed by atoms with E-state index in [1.54, 1.807) is 0 Å². The minimum absolute atomic E-state index is 0.472. The highest BCUT2D eigenvalue weighted by Gasteiger charge is 2.21. The van der Waals surface area contributed by atoms with Crippen LogP contribution in [-0.4, -0.2) is 19.3 Å². The van der Waals surface area contributed by atoms with Crippen molar-refractivity contribution in [2.45, 2.75) is 19.1 Å². The van der Waals surface area contributed by atoms with E-state index in [2.05, 4.69) is 28.1 Å². The van der Waals surface area contributed by atoms with Crippen molar-refractivity contribution in [2.75, 3.05) is 13.2 Å². The fourth-order valence-electron chi connectivity index (χ4n) is 1.22. The van der Waals surface area contributed by atoms with Gasteiger partial charge in [-0.05, 0) is 24.1 Å². The zero-order chi connectivity index (χ0) is 9.80. The summed E-state index contributed by atoms with van der Waals surface area (Å²) in [6.45, 7) is 2.41. The van der Waals surface area contributed by atoms with Crippen LogP contribution in [0.5, 0.6) is 0 Å². The second-order valence-corrected chi connectivity index (χ2v) is 4.34. The Kier molecular flexibility index (Phi) is 3.56. The first-order valence-electron chi connectivity index (χ1n) is 4.78. The lowest BCUT2D eigenvalue weighted by atomic mass is 10.2. The van der Waals surface area contributed by atoms with Gasteiger partial charge in [-0.2, -0.15) is 0 Å². The molecular weight excluding hydrogens is 244 g/mol. The largest absolute Gasteiger partial charge is 0.377 e. The van der Waals surface area contributed by atoms with E-state index in [1.165, 1.54) is 5.56 Å². The van der Waals surface area contributed by atoms with Crippen LogP contribution in [0.4, 0.5) is 0 Å². The van der Waals surface area contributed by atoms with Crippen LogP contribution in [0.15, 0.2) is 28.7 Å². The summed E-state index contributed by atoms with van der Waals surface area (Å²) in [6.07, 6.45) is 1.50. The predicted octanol–water partition coefficient (Wildman–Crippen LogP) is 2.75. The molecule has 0 bridgehead atoms. The summed E-state index contributed by atoms with van der Waals surface area (Å²) in [4.78, 5) is 0. The molecule has 2 rings (SSSR count). The van der Waals surface area contributed by atoms with E-state index >= 15 is 0 Å². The third-order valence-corrected chi connectivity index (χ3v) is 2.70. The number of hydrogen-bond acceptors (Lipinski definition) is 2. The zero-order valence-electron chi connectivity index (χ0n) is 7.91. The molecule has 1 atom stereocenters. The van der Waals surface area contributed by atoms with Crippen LogP contribution in [0.3, 0.4) is 0 Å². The summed E-state index contributed by atoms with van der Waals surface area (Å²) in [7, 11) is 0.